The second-order valence-electron chi connectivity index (χ2n) is 3.54. The molecule has 0 saturated carbocycles. The smallest absolute Gasteiger partial charge is 0.295 e. The fourth-order valence-corrected chi connectivity index (χ4v) is 1.76. The highest BCUT2D eigenvalue weighted by atomic mass is 79.9. The van der Waals surface area contributed by atoms with Gasteiger partial charge in [0.2, 0.25) is 0 Å². The second-order valence-corrected chi connectivity index (χ2v) is 4.39. The molecule has 1 heterocycles. The predicted octanol–water partition coefficient (Wildman–Crippen LogP) is 1.88. The number of anilines is 1. The number of hydrogen-bond donors (Lipinski definition) is 2. The molecule has 0 bridgehead atoms. The fourth-order valence-electron chi connectivity index (χ4n) is 1.41. The van der Waals surface area contributed by atoms with Gasteiger partial charge in [-0.25, -0.2) is 4.39 Å². The van der Waals surface area contributed by atoms with Crippen molar-refractivity contribution in [3.05, 3.63) is 32.5 Å². The van der Waals surface area contributed by atoms with E-state index in [9.17, 15) is 14.5 Å². The minimum atomic E-state index is -0.635. The number of halogens is 2. The maximum atomic E-state index is 13.2. The molecule has 0 amide bonds. The molecule has 1 aromatic carbocycles. The zero-order chi connectivity index (χ0) is 11.7. The molecule has 1 saturated heterocycles. The molecule has 0 aromatic heterocycles. The van der Waals surface area contributed by atoms with E-state index < -0.39 is 10.7 Å². The van der Waals surface area contributed by atoms with Crippen molar-refractivity contribution in [2.45, 2.75) is 6.04 Å². The van der Waals surface area contributed by atoms with Gasteiger partial charge in [-0.2, -0.15) is 0 Å². The number of nitrogens with zero attached hydrogens (tertiary/aromatic N) is 1. The lowest BCUT2D eigenvalue weighted by molar-refractivity contribution is -0.384. The summed E-state index contributed by atoms with van der Waals surface area (Å²) in [6.07, 6.45) is 0. The zero-order valence-electron chi connectivity index (χ0n) is 8.17. The summed E-state index contributed by atoms with van der Waals surface area (Å²) in [5.41, 5.74) is 0.0948. The van der Waals surface area contributed by atoms with E-state index in [1.54, 1.807) is 0 Å². The van der Waals surface area contributed by atoms with Gasteiger partial charge in [0, 0.05) is 13.1 Å². The fraction of sp³-hybridized carbons (Fsp3) is 0.333. The van der Waals surface area contributed by atoms with Gasteiger partial charge in [0.05, 0.1) is 21.5 Å². The van der Waals surface area contributed by atoms with Gasteiger partial charge < -0.3 is 10.6 Å². The van der Waals surface area contributed by atoms with E-state index in [0.717, 1.165) is 19.2 Å². The molecule has 7 heteroatoms. The monoisotopic (exact) mass is 289 g/mol. The van der Waals surface area contributed by atoms with E-state index in [-0.39, 0.29) is 16.2 Å². The third kappa shape index (κ3) is 2.14. The van der Waals surface area contributed by atoms with Gasteiger partial charge in [-0.1, -0.05) is 0 Å². The van der Waals surface area contributed by atoms with Crippen LogP contribution in [0.15, 0.2) is 16.6 Å². The van der Waals surface area contributed by atoms with Crippen LogP contribution in [0.3, 0.4) is 0 Å². The molecule has 0 aliphatic carbocycles. The first-order valence-corrected chi connectivity index (χ1v) is 5.48. The lowest BCUT2D eigenvalue weighted by Gasteiger charge is -2.28. The largest absolute Gasteiger partial charge is 0.374 e. The van der Waals surface area contributed by atoms with Crippen molar-refractivity contribution in [3.8, 4) is 0 Å². The molecule has 1 aliphatic rings. The Morgan fingerprint density at radius 3 is 2.75 bits per heavy atom. The summed E-state index contributed by atoms with van der Waals surface area (Å²) >= 11 is 3.01. The van der Waals surface area contributed by atoms with Crippen molar-refractivity contribution in [1.82, 2.24) is 5.32 Å². The van der Waals surface area contributed by atoms with Gasteiger partial charge in [0.1, 0.15) is 11.5 Å². The Morgan fingerprint density at radius 1 is 1.56 bits per heavy atom. The van der Waals surface area contributed by atoms with Crippen LogP contribution in [-0.2, 0) is 0 Å². The molecule has 5 nitrogen and oxygen atoms in total. The van der Waals surface area contributed by atoms with Crippen molar-refractivity contribution < 1.29 is 9.31 Å². The van der Waals surface area contributed by atoms with E-state index in [4.69, 9.17) is 0 Å². The van der Waals surface area contributed by atoms with Crippen LogP contribution in [0.1, 0.15) is 0 Å². The summed E-state index contributed by atoms with van der Waals surface area (Å²) in [5.74, 6) is -0.635. The SMILES string of the molecule is O=[N+]([O-])c1cc(F)c(Br)cc1NC1CNC1. The molecule has 2 rings (SSSR count). The molecule has 2 N–H and O–H groups in total. The Kier molecular flexibility index (Phi) is 3.06. The van der Waals surface area contributed by atoms with Crippen molar-refractivity contribution >= 4 is 27.3 Å². The number of hydrogen-bond acceptors (Lipinski definition) is 4. The molecule has 86 valence electrons. The lowest BCUT2D eigenvalue weighted by Crippen LogP contribution is -2.51. The maximum absolute atomic E-state index is 13.2. The maximum Gasteiger partial charge on any atom is 0.295 e. The molecule has 0 spiro atoms. The van der Waals surface area contributed by atoms with Crippen molar-refractivity contribution in [1.29, 1.82) is 0 Å². The van der Waals surface area contributed by atoms with Gasteiger partial charge in [-0.05, 0) is 22.0 Å². The number of rotatable bonds is 3. The summed E-state index contributed by atoms with van der Waals surface area (Å²) < 4.78 is 13.4. The van der Waals surface area contributed by atoms with Crippen molar-refractivity contribution in [3.63, 3.8) is 0 Å². The van der Waals surface area contributed by atoms with Crippen LogP contribution >= 0.6 is 15.9 Å². The minimum absolute atomic E-state index is 0.163. The molecule has 0 radical (unpaired) electrons. The normalized spacial score (nSPS) is 15.6. The molecular formula is C9H9BrFN3O2. The highest BCUT2D eigenvalue weighted by Crippen LogP contribution is 2.31. The Balaban J connectivity index is 2.32. The molecule has 1 fully saturated rings. The Labute approximate surface area is 99.3 Å². The molecule has 0 atom stereocenters. The quantitative estimate of drug-likeness (QED) is 0.659. The van der Waals surface area contributed by atoms with E-state index in [0.29, 0.717) is 5.69 Å². The van der Waals surface area contributed by atoms with Crippen LogP contribution in [0.5, 0.6) is 0 Å². The van der Waals surface area contributed by atoms with Crippen LogP contribution in [0, 0.1) is 15.9 Å². The van der Waals surface area contributed by atoms with E-state index in [1.165, 1.54) is 6.07 Å². The average molecular weight is 290 g/mol. The van der Waals surface area contributed by atoms with Gasteiger partial charge in [-0.15, -0.1) is 0 Å². The summed E-state index contributed by atoms with van der Waals surface area (Å²) in [4.78, 5) is 10.1. The third-order valence-electron chi connectivity index (χ3n) is 2.38. The molecule has 16 heavy (non-hydrogen) atoms. The number of nitro benzene ring substituents is 1. The van der Waals surface area contributed by atoms with Crippen LogP contribution < -0.4 is 10.6 Å². The van der Waals surface area contributed by atoms with Crippen molar-refractivity contribution in [2.24, 2.45) is 0 Å². The lowest BCUT2D eigenvalue weighted by atomic mass is 10.1. The summed E-state index contributed by atoms with van der Waals surface area (Å²) in [7, 11) is 0. The standard InChI is InChI=1S/C9H9BrFN3O2/c10-6-1-8(13-5-3-12-4-5)9(14(15)16)2-7(6)11/h1-2,5,12-13H,3-4H2. The van der Waals surface area contributed by atoms with Crippen LogP contribution in [0.2, 0.25) is 0 Å². The minimum Gasteiger partial charge on any atom is -0.374 e. The van der Waals surface area contributed by atoms with Gasteiger partial charge in [0.15, 0.2) is 0 Å². The van der Waals surface area contributed by atoms with Crippen LogP contribution in [-0.4, -0.2) is 24.1 Å². The van der Waals surface area contributed by atoms with Crippen LogP contribution in [0.4, 0.5) is 15.8 Å². The first kappa shape index (κ1) is 11.3. The topological polar surface area (TPSA) is 67.2 Å². The number of nitrogens with one attached hydrogen (secondary N) is 2. The number of benzene rings is 1. The Morgan fingerprint density at radius 2 is 2.25 bits per heavy atom. The summed E-state index contributed by atoms with van der Waals surface area (Å²) in [6.45, 7) is 1.51. The van der Waals surface area contributed by atoms with Gasteiger partial charge in [-0.3, -0.25) is 10.1 Å². The number of nitro groups is 1. The van der Waals surface area contributed by atoms with Crippen LogP contribution in [0.25, 0.3) is 0 Å². The van der Waals surface area contributed by atoms with Crippen molar-refractivity contribution in [2.75, 3.05) is 18.4 Å². The summed E-state index contributed by atoms with van der Waals surface area (Å²) in [5, 5.41) is 16.8. The first-order chi connectivity index (χ1) is 7.58. The summed E-state index contributed by atoms with van der Waals surface area (Å²) in [6, 6.07) is 2.47. The highest BCUT2D eigenvalue weighted by Gasteiger charge is 2.22. The van der Waals surface area contributed by atoms with E-state index in [1.807, 2.05) is 0 Å². The molecule has 1 aliphatic heterocycles. The molecule has 1 aromatic rings. The first-order valence-electron chi connectivity index (χ1n) is 4.68. The predicted molar refractivity (Wildman–Crippen MR) is 61.0 cm³/mol. The van der Waals surface area contributed by atoms with Gasteiger partial charge in [0.25, 0.3) is 5.69 Å². The second kappa shape index (κ2) is 4.34. The Bertz CT molecular complexity index is 437. The van der Waals surface area contributed by atoms with E-state index >= 15 is 0 Å². The average Bonchev–Trinajstić information content (AvgIpc) is 2.16. The highest BCUT2D eigenvalue weighted by molar-refractivity contribution is 9.10. The third-order valence-corrected chi connectivity index (χ3v) is 2.98. The van der Waals surface area contributed by atoms with E-state index in [2.05, 4.69) is 26.6 Å². The Hall–Kier alpha value is -1.21. The molecular weight excluding hydrogens is 281 g/mol. The zero-order valence-corrected chi connectivity index (χ0v) is 9.75. The molecule has 0 unspecified atom stereocenters. The van der Waals surface area contributed by atoms with Gasteiger partial charge >= 0.3 is 0 Å².